The molecule has 1 aromatic rings. The van der Waals surface area contributed by atoms with Gasteiger partial charge in [0.2, 0.25) is 5.78 Å². The molecule has 3 rings (SSSR count). The Morgan fingerprint density at radius 2 is 2.24 bits per heavy atom. The van der Waals surface area contributed by atoms with Crippen LogP contribution in [0, 0.1) is 11.8 Å². The first kappa shape index (κ1) is 17.3. The van der Waals surface area contributed by atoms with Gasteiger partial charge in [-0.15, -0.1) is 0 Å². The van der Waals surface area contributed by atoms with Crippen molar-refractivity contribution in [2.45, 2.75) is 37.9 Å². The van der Waals surface area contributed by atoms with E-state index in [-0.39, 0.29) is 18.6 Å². The van der Waals surface area contributed by atoms with Gasteiger partial charge in [0.15, 0.2) is 6.29 Å². The quantitative estimate of drug-likeness (QED) is 0.467. The Balaban J connectivity index is 1.73. The average molecular weight is 340 g/mol. The van der Waals surface area contributed by atoms with Crippen LogP contribution in [0.25, 0.3) is 0 Å². The van der Waals surface area contributed by atoms with Gasteiger partial charge in [0.25, 0.3) is 5.91 Å². The van der Waals surface area contributed by atoms with Gasteiger partial charge in [0, 0.05) is 36.7 Å². The molecule has 0 saturated carbocycles. The summed E-state index contributed by atoms with van der Waals surface area (Å²) < 4.78 is 0. The summed E-state index contributed by atoms with van der Waals surface area (Å²) in [6.07, 6.45) is 1.99. The number of amides is 1. The first-order valence-electron chi connectivity index (χ1n) is 8.40. The Labute approximate surface area is 146 Å². The van der Waals surface area contributed by atoms with E-state index in [9.17, 15) is 14.4 Å². The van der Waals surface area contributed by atoms with Crippen LogP contribution in [0.3, 0.4) is 0 Å². The predicted octanol–water partition coefficient (Wildman–Crippen LogP) is 0.265. The second kappa shape index (κ2) is 7.60. The van der Waals surface area contributed by atoms with Crippen molar-refractivity contribution < 1.29 is 19.5 Å². The van der Waals surface area contributed by atoms with Crippen molar-refractivity contribution >= 4 is 18.0 Å². The van der Waals surface area contributed by atoms with Crippen molar-refractivity contribution in [1.82, 2.24) is 10.2 Å². The van der Waals surface area contributed by atoms with Crippen LogP contribution < -0.4 is 5.32 Å². The summed E-state index contributed by atoms with van der Waals surface area (Å²) in [5.41, 5.74) is 2.41. The molecule has 2 aliphatic rings. The van der Waals surface area contributed by atoms with Crippen LogP contribution in [-0.2, 0) is 16.1 Å². The number of rotatable bonds is 4. The summed E-state index contributed by atoms with van der Waals surface area (Å²) in [5, 5.41) is 11.9. The minimum Gasteiger partial charge on any atom is -0.395 e. The fourth-order valence-corrected chi connectivity index (χ4v) is 3.41. The predicted molar refractivity (Wildman–Crippen MR) is 90.8 cm³/mol. The first-order chi connectivity index (χ1) is 12.2. The van der Waals surface area contributed by atoms with Gasteiger partial charge < -0.3 is 15.3 Å². The van der Waals surface area contributed by atoms with E-state index in [1.165, 1.54) is 0 Å². The number of carbonyl (C=O) groups is 3. The summed E-state index contributed by atoms with van der Waals surface area (Å²) in [5.74, 6) is 5.48. The molecule has 2 N–H and O–H groups in total. The molecule has 25 heavy (non-hydrogen) atoms. The van der Waals surface area contributed by atoms with Gasteiger partial charge in [-0.05, 0) is 30.5 Å². The van der Waals surface area contributed by atoms with Crippen molar-refractivity contribution in [2.75, 3.05) is 13.2 Å². The fraction of sp³-hybridized carbons (Fsp3) is 0.421. The summed E-state index contributed by atoms with van der Waals surface area (Å²) >= 11 is 0. The molecule has 0 aromatic heterocycles. The third-order valence-corrected chi connectivity index (χ3v) is 4.74. The highest BCUT2D eigenvalue weighted by Crippen LogP contribution is 2.29. The molecular weight excluding hydrogens is 320 g/mol. The number of benzene rings is 1. The number of ketones is 1. The monoisotopic (exact) mass is 340 g/mol. The van der Waals surface area contributed by atoms with E-state index >= 15 is 0 Å². The summed E-state index contributed by atoms with van der Waals surface area (Å²) in [7, 11) is 0. The number of nitrogens with zero attached hydrogens (tertiary/aromatic N) is 1. The van der Waals surface area contributed by atoms with Crippen LogP contribution in [0.1, 0.15) is 40.7 Å². The van der Waals surface area contributed by atoms with Crippen molar-refractivity contribution in [3.63, 3.8) is 0 Å². The smallest absolute Gasteiger partial charge is 0.254 e. The molecule has 1 fully saturated rings. The van der Waals surface area contributed by atoms with Crippen molar-refractivity contribution in [1.29, 1.82) is 0 Å². The molecular formula is C19H20N2O4. The van der Waals surface area contributed by atoms with Crippen molar-refractivity contribution in [2.24, 2.45) is 0 Å². The lowest BCUT2D eigenvalue weighted by atomic mass is 9.97. The maximum Gasteiger partial charge on any atom is 0.254 e. The van der Waals surface area contributed by atoms with Crippen LogP contribution in [0.5, 0.6) is 0 Å². The minimum atomic E-state index is -0.436. The Bertz CT molecular complexity index is 754. The SMILES string of the molecule is O=CC(=O)C1CCC(N2Cc3c(C#CCCO)cccc3C2=O)CN1. The van der Waals surface area contributed by atoms with E-state index in [0.717, 1.165) is 11.1 Å². The number of carbonyl (C=O) groups excluding carboxylic acids is 3. The van der Waals surface area contributed by atoms with Crippen LogP contribution in [-0.4, -0.2) is 53.2 Å². The highest BCUT2D eigenvalue weighted by molar-refractivity contribution is 6.27. The van der Waals surface area contributed by atoms with Crippen LogP contribution >= 0.6 is 0 Å². The molecule has 130 valence electrons. The van der Waals surface area contributed by atoms with Gasteiger partial charge in [-0.2, -0.15) is 0 Å². The molecule has 1 aromatic carbocycles. The highest BCUT2D eigenvalue weighted by atomic mass is 16.3. The normalized spacial score (nSPS) is 22.1. The number of aliphatic hydroxyl groups is 1. The topological polar surface area (TPSA) is 86.7 Å². The number of aldehydes is 1. The standard InChI is InChI=1S/C19H20N2O4/c22-9-2-1-4-13-5-3-6-15-16(13)11-21(19(15)25)14-7-8-17(20-10-14)18(24)12-23/h3,5-6,12,14,17,20,22H,2,7-11H2. The Morgan fingerprint density at radius 1 is 1.40 bits per heavy atom. The third-order valence-electron chi connectivity index (χ3n) is 4.74. The van der Waals surface area contributed by atoms with Crippen LogP contribution in [0.2, 0.25) is 0 Å². The van der Waals surface area contributed by atoms with Gasteiger partial charge in [-0.1, -0.05) is 17.9 Å². The largest absolute Gasteiger partial charge is 0.395 e. The van der Waals surface area contributed by atoms with Gasteiger partial charge >= 0.3 is 0 Å². The molecule has 6 nitrogen and oxygen atoms in total. The molecule has 2 aliphatic heterocycles. The van der Waals surface area contributed by atoms with Crippen molar-refractivity contribution in [3.05, 3.63) is 34.9 Å². The molecule has 2 heterocycles. The van der Waals surface area contributed by atoms with E-state index in [0.29, 0.717) is 44.2 Å². The Morgan fingerprint density at radius 3 is 2.92 bits per heavy atom. The Hall–Kier alpha value is -2.49. The zero-order valence-corrected chi connectivity index (χ0v) is 13.8. The molecule has 6 heteroatoms. The molecule has 0 radical (unpaired) electrons. The number of piperidine rings is 1. The van der Waals surface area contributed by atoms with E-state index in [1.807, 2.05) is 23.1 Å². The second-order valence-corrected chi connectivity index (χ2v) is 6.25. The summed E-state index contributed by atoms with van der Waals surface area (Å²) in [6, 6.07) is 5.07. The zero-order chi connectivity index (χ0) is 17.8. The highest BCUT2D eigenvalue weighted by Gasteiger charge is 2.36. The number of nitrogens with one attached hydrogen (secondary N) is 1. The lowest BCUT2D eigenvalue weighted by molar-refractivity contribution is -0.131. The summed E-state index contributed by atoms with van der Waals surface area (Å²) in [4.78, 5) is 36.6. The number of Topliss-reactive ketones (excluding diaryl/α,β-unsaturated/α-hetero) is 1. The summed E-state index contributed by atoms with van der Waals surface area (Å²) in [6.45, 7) is 1.01. The number of fused-ring (bicyclic) bond motifs is 1. The van der Waals surface area contributed by atoms with Gasteiger partial charge in [-0.3, -0.25) is 14.4 Å². The molecule has 0 bridgehead atoms. The van der Waals surface area contributed by atoms with Gasteiger partial charge in [0.05, 0.1) is 12.6 Å². The van der Waals surface area contributed by atoms with Crippen LogP contribution in [0.4, 0.5) is 0 Å². The van der Waals surface area contributed by atoms with Gasteiger partial charge in [-0.25, -0.2) is 0 Å². The zero-order valence-electron chi connectivity index (χ0n) is 13.8. The molecule has 2 atom stereocenters. The second-order valence-electron chi connectivity index (χ2n) is 6.25. The lowest BCUT2D eigenvalue weighted by Gasteiger charge is -2.34. The molecule has 2 unspecified atom stereocenters. The minimum absolute atomic E-state index is 0.00569. The van der Waals surface area contributed by atoms with E-state index in [1.54, 1.807) is 0 Å². The maximum absolute atomic E-state index is 12.7. The number of hydrogen-bond donors (Lipinski definition) is 2. The van der Waals surface area contributed by atoms with E-state index in [2.05, 4.69) is 17.2 Å². The van der Waals surface area contributed by atoms with Crippen molar-refractivity contribution in [3.8, 4) is 11.8 Å². The number of aliphatic hydroxyl groups excluding tert-OH is 1. The lowest BCUT2D eigenvalue weighted by Crippen LogP contribution is -2.52. The fourth-order valence-electron chi connectivity index (χ4n) is 3.41. The molecule has 0 spiro atoms. The van der Waals surface area contributed by atoms with Gasteiger partial charge in [0.1, 0.15) is 0 Å². The van der Waals surface area contributed by atoms with Crippen LogP contribution in [0.15, 0.2) is 18.2 Å². The Kier molecular flexibility index (Phi) is 5.27. The number of hydrogen-bond acceptors (Lipinski definition) is 5. The molecule has 0 aliphatic carbocycles. The first-order valence-corrected chi connectivity index (χ1v) is 8.40. The molecule has 1 saturated heterocycles. The maximum atomic E-state index is 12.7. The third kappa shape index (κ3) is 3.48. The average Bonchev–Trinajstić information content (AvgIpc) is 2.99. The van der Waals surface area contributed by atoms with E-state index < -0.39 is 11.8 Å². The van der Waals surface area contributed by atoms with E-state index in [4.69, 9.17) is 5.11 Å². The molecule has 1 amide bonds.